The zero-order chi connectivity index (χ0) is 17.8. The Morgan fingerprint density at radius 3 is 1.56 bits per heavy atom. The maximum Gasteiger partial charge on any atom is 0.111 e. The van der Waals surface area contributed by atoms with Crippen LogP contribution in [0.3, 0.4) is 0 Å². The first-order chi connectivity index (χ1) is 12.4. The van der Waals surface area contributed by atoms with E-state index in [1.54, 1.807) is 0 Å². The predicted octanol–water partition coefficient (Wildman–Crippen LogP) is 1.50. The fraction of sp³-hybridized carbons (Fsp3) is 0.889. The third-order valence-electron chi connectivity index (χ3n) is 3.51. The van der Waals surface area contributed by atoms with Crippen molar-refractivity contribution in [2.45, 2.75) is 25.7 Å². The quantitative estimate of drug-likeness (QED) is 0.371. The highest BCUT2D eigenvalue weighted by Gasteiger charge is 2.03. The molecule has 0 spiro atoms. The van der Waals surface area contributed by atoms with Gasteiger partial charge in [0.1, 0.15) is 6.61 Å². The Labute approximate surface area is 151 Å². The van der Waals surface area contributed by atoms with E-state index in [1.165, 1.54) is 12.8 Å². The molecule has 0 aromatic rings. The first-order valence-corrected chi connectivity index (χ1v) is 9.34. The van der Waals surface area contributed by atoms with Crippen molar-refractivity contribution in [2.75, 3.05) is 79.2 Å². The first-order valence-electron chi connectivity index (χ1n) is 9.34. The zero-order valence-corrected chi connectivity index (χ0v) is 15.4. The highest BCUT2D eigenvalue weighted by molar-refractivity contribution is 4.96. The third kappa shape index (κ3) is 15.3. The first kappa shape index (κ1) is 22.3. The zero-order valence-electron chi connectivity index (χ0n) is 15.4. The second kappa shape index (κ2) is 18.1. The lowest BCUT2D eigenvalue weighted by molar-refractivity contribution is -0.0140. The molecule has 0 radical (unpaired) electrons. The standard InChI is InChI=1S/C18H35NO6/c19-6-7-20-8-9-21-10-11-22-12-13-23-14-15-24-16-17-25-18-4-2-1-3-5-18/h4H,1-3,5-17,19H2. The number of hydrogen-bond donors (Lipinski definition) is 1. The molecule has 0 saturated carbocycles. The average Bonchev–Trinajstić information content (AvgIpc) is 2.65. The van der Waals surface area contributed by atoms with Crippen LogP contribution >= 0.6 is 0 Å². The lowest BCUT2D eigenvalue weighted by atomic mass is 10.1. The molecule has 148 valence electrons. The van der Waals surface area contributed by atoms with E-state index in [0.29, 0.717) is 79.2 Å². The molecular formula is C18H35NO6. The van der Waals surface area contributed by atoms with Crippen molar-refractivity contribution in [2.24, 2.45) is 5.73 Å². The molecule has 0 amide bonds. The third-order valence-corrected chi connectivity index (χ3v) is 3.51. The van der Waals surface area contributed by atoms with E-state index in [4.69, 9.17) is 34.2 Å². The van der Waals surface area contributed by atoms with Gasteiger partial charge in [0.2, 0.25) is 0 Å². The van der Waals surface area contributed by atoms with Gasteiger partial charge >= 0.3 is 0 Å². The average molecular weight is 361 g/mol. The smallest absolute Gasteiger partial charge is 0.111 e. The number of nitrogens with two attached hydrogens (primary N) is 1. The number of allylic oxidation sites excluding steroid dienone is 2. The van der Waals surface area contributed by atoms with Crippen molar-refractivity contribution < 1.29 is 28.4 Å². The van der Waals surface area contributed by atoms with E-state index >= 15 is 0 Å². The molecule has 1 aliphatic rings. The summed E-state index contributed by atoms with van der Waals surface area (Å²) in [7, 11) is 0. The van der Waals surface area contributed by atoms with Crippen LogP contribution < -0.4 is 5.73 Å². The molecule has 0 saturated heterocycles. The Morgan fingerprint density at radius 2 is 1.12 bits per heavy atom. The van der Waals surface area contributed by atoms with E-state index < -0.39 is 0 Å². The normalized spacial score (nSPS) is 14.5. The summed E-state index contributed by atoms with van der Waals surface area (Å²) in [5.41, 5.74) is 5.30. The Kier molecular flexibility index (Phi) is 16.2. The highest BCUT2D eigenvalue weighted by Crippen LogP contribution is 2.17. The van der Waals surface area contributed by atoms with Gasteiger partial charge in [-0.15, -0.1) is 0 Å². The van der Waals surface area contributed by atoms with E-state index in [9.17, 15) is 0 Å². The van der Waals surface area contributed by atoms with Gasteiger partial charge in [-0.05, 0) is 25.3 Å². The largest absolute Gasteiger partial charge is 0.496 e. The van der Waals surface area contributed by atoms with Crippen LogP contribution in [0.4, 0.5) is 0 Å². The van der Waals surface area contributed by atoms with Crippen LogP contribution in [0.5, 0.6) is 0 Å². The van der Waals surface area contributed by atoms with Crippen LogP contribution in [-0.4, -0.2) is 79.2 Å². The van der Waals surface area contributed by atoms with Gasteiger partial charge in [-0.2, -0.15) is 0 Å². The predicted molar refractivity (Wildman–Crippen MR) is 95.7 cm³/mol. The summed E-state index contributed by atoms with van der Waals surface area (Å²) in [6, 6.07) is 0. The number of hydrogen-bond acceptors (Lipinski definition) is 7. The van der Waals surface area contributed by atoms with Crippen LogP contribution in [0.25, 0.3) is 0 Å². The molecule has 2 N–H and O–H groups in total. The van der Waals surface area contributed by atoms with Crippen LogP contribution in [0.1, 0.15) is 25.7 Å². The molecule has 1 aliphatic carbocycles. The topological polar surface area (TPSA) is 81.4 Å². The van der Waals surface area contributed by atoms with E-state index in [0.717, 1.165) is 18.6 Å². The summed E-state index contributed by atoms with van der Waals surface area (Å²) < 4.78 is 32.5. The SMILES string of the molecule is NCCOCCOCCOCCOCCOCCOC1=CCCCC1. The molecule has 1 rings (SSSR count). The Bertz CT molecular complexity index is 314. The Morgan fingerprint density at radius 1 is 0.640 bits per heavy atom. The van der Waals surface area contributed by atoms with Gasteiger partial charge in [0.05, 0.1) is 71.8 Å². The minimum absolute atomic E-state index is 0.542. The summed E-state index contributed by atoms with van der Waals surface area (Å²) in [6.45, 7) is 6.87. The maximum atomic E-state index is 5.65. The number of rotatable bonds is 18. The molecule has 0 atom stereocenters. The van der Waals surface area contributed by atoms with Gasteiger partial charge in [-0.1, -0.05) is 0 Å². The molecule has 0 bridgehead atoms. The van der Waals surface area contributed by atoms with Crippen molar-refractivity contribution in [3.8, 4) is 0 Å². The summed E-state index contributed by atoms with van der Waals surface area (Å²) in [6.07, 6.45) is 6.91. The van der Waals surface area contributed by atoms with Crippen LogP contribution in [0.15, 0.2) is 11.8 Å². The maximum absolute atomic E-state index is 5.65. The van der Waals surface area contributed by atoms with Crippen molar-refractivity contribution in [3.05, 3.63) is 11.8 Å². The van der Waals surface area contributed by atoms with Gasteiger partial charge in [0.25, 0.3) is 0 Å². The molecule has 0 heterocycles. The van der Waals surface area contributed by atoms with E-state index in [-0.39, 0.29) is 0 Å². The molecular weight excluding hydrogens is 326 g/mol. The van der Waals surface area contributed by atoms with Gasteiger partial charge in [0, 0.05) is 13.0 Å². The summed E-state index contributed by atoms with van der Waals surface area (Å²) in [5.74, 6) is 1.12. The second-order valence-electron chi connectivity index (χ2n) is 5.62. The van der Waals surface area contributed by atoms with Crippen LogP contribution in [0.2, 0.25) is 0 Å². The van der Waals surface area contributed by atoms with E-state index in [1.807, 2.05) is 0 Å². The second-order valence-corrected chi connectivity index (χ2v) is 5.62. The van der Waals surface area contributed by atoms with Crippen LogP contribution in [0, 0.1) is 0 Å². The highest BCUT2D eigenvalue weighted by atomic mass is 16.6. The minimum Gasteiger partial charge on any atom is -0.496 e. The lowest BCUT2D eigenvalue weighted by Gasteiger charge is -2.14. The molecule has 0 unspecified atom stereocenters. The molecule has 0 aromatic carbocycles. The molecule has 0 fully saturated rings. The molecule has 0 aliphatic heterocycles. The van der Waals surface area contributed by atoms with Crippen molar-refractivity contribution in [3.63, 3.8) is 0 Å². The molecule has 7 nitrogen and oxygen atoms in total. The minimum atomic E-state index is 0.542. The summed E-state index contributed by atoms with van der Waals surface area (Å²) in [5, 5.41) is 0. The summed E-state index contributed by atoms with van der Waals surface area (Å²) in [4.78, 5) is 0. The monoisotopic (exact) mass is 361 g/mol. The Hall–Kier alpha value is -0.700. The van der Waals surface area contributed by atoms with Crippen molar-refractivity contribution >= 4 is 0 Å². The van der Waals surface area contributed by atoms with Gasteiger partial charge < -0.3 is 34.2 Å². The number of ether oxygens (including phenoxy) is 6. The molecule has 0 aromatic heterocycles. The van der Waals surface area contributed by atoms with Crippen molar-refractivity contribution in [1.82, 2.24) is 0 Å². The van der Waals surface area contributed by atoms with Gasteiger partial charge in [0.15, 0.2) is 0 Å². The Balaban J connectivity index is 1.67. The van der Waals surface area contributed by atoms with Gasteiger partial charge in [-0.3, -0.25) is 0 Å². The molecule has 7 heteroatoms. The fourth-order valence-corrected chi connectivity index (χ4v) is 2.24. The van der Waals surface area contributed by atoms with Gasteiger partial charge in [-0.25, -0.2) is 0 Å². The summed E-state index contributed by atoms with van der Waals surface area (Å²) >= 11 is 0. The van der Waals surface area contributed by atoms with Crippen LogP contribution in [-0.2, 0) is 28.4 Å². The fourth-order valence-electron chi connectivity index (χ4n) is 2.24. The lowest BCUT2D eigenvalue weighted by Crippen LogP contribution is -2.15. The van der Waals surface area contributed by atoms with Crippen molar-refractivity contribution in [1.29, 1.82) is 0 Å². The van der Waals surface area contributed by atoms with E-state index in [2.05, 4.69) is 6.08 Å². The molecule has 25 heavy (non-hydrogen) atoms.